The zero-order valence-corrected chi connectivity index (χ0v) is 10.6. The molecular weight excluding hydrogens is 264 g/mol. The Kier molecular flexibility index (Phi) is 2.46. The molecule has 0 aromatic heterocycles. The molecule has 0 amide bonds. The highest BCUT2D eigenvalue weighted by Gasteiger charge is 2.29. The van der Waals surface area contributed by atoms with E-state index in [-0.39, 0.29) is 15.4 Å². The average molecular weight is 274 g/mol. The molecule has 1 heterocycles. The molecule has 0 bridgehead atoms. The minimum Gasteiger partial charge on any atom is -0.478 e. The van der Waals surface area contributed by atoms with E-state index < -0.39 is 15.8 Å². The topological polar surface area (TPSA) is 71.4 Å². The second-order valence-corrected chi connectivity index (χ2v) is 6.30. The Labute approximate surface area is 110 Å². The van der Waals surface area contributed by atoms with E-state index in [0.29, 0.717) is 12.0 Å². The fourth-order valence-electron chi connectivity index (χ4n) is 2.32. The molecule has 5 heteroatoms. The Morgan fingerprint density at radius 1 is 1.00 bits per heavy atom. The number of carboxylic acids is 1. The first-order valence-corrected chi connectivity index (χ1v) is 7.17. The summed E-state index contributed by atoms with van der Waals surface area (Å²) in [5, 5.41) is 8.96. The Morgan fingerprint density at radius 2 is 1.68 bits per heavy atom. The van der Waals surface area contributed by atoms with Crippen molar-refractivity contribution >= 4 is 15.8 Å². The number of aromatic carboxylic acids is 1. The normalized spacial score (nSPS) is 15.4. The van der Waals surface area contributed by atoms with Crippen LogP contribution in [0.2, 0.25) is 0 Å². The quantitative estimate of drug-likeness (QED) is 0.737. The van der Waals surface area contributed by atoms with Crippen molar-refractivity contribution in [3.8, 4) is 0 Å². The molecule has 96 valence electrons. The first-order valence-electron chi connectivity index (χ1n) is 5.69. The predicted octanol–water partition coefficient (Wildman–Crippen LogP) is 2.12. The lowest BCUT2D eigenvalue weighted by Gasteiger charge is -2.19. The SMILES string of the molecule is O=C(O)c1ccc2c(c1)S(=O)(=O)c1ccccc1C2. The van der Waals surface area contributed by atoms with Crippen LogP contribution in [-0.4, -0.2) is 19.5 Å². The molecule has 0 radical (unpaired) electrons. The second kappa shape index (κ2) is 3.93. The van der Waals surface area contributed by atoms with Gasteiger partial charge in [-0.1, -0.05) is 24.3 Å². The van der Waals surface area contributed by atoms with E-state index in [1.165, 1.54) is 12.1 Å². The Hall–Kier alpha value is -2.14. The van der Waals surface area contributed by atoms with Gasteiger partial charge in [-0.3, -0.25) is 0 Å². The van der Waals surface area contributed by atoms with Gasteiger partial charge in [0, 0.05) is 6.42 Å². The van der Waals surface area contributed by atoms with Crippen LogP contribution in [0.3, 0.4) is 0 Å². The van der Waals surface area contributed by atoms with E-state index >= 15 is 0 Å². The van der Waals surface area contributed by atoms with E-state index in [9.17, 15) is 13.2 Å². The highest BCUT2D eigenvalue weighted by molar-refractivity contribution is 7.91. The highest BCUT2D eigenvalue weighted by atomic mass is 32.2. The molecule has 0 fully saturated rings. The fraction of sp³-hybridized carbons (Fsp3) is 0.0714. The number of rotatable bonds is 1. The third-order valence-corrected chi connectivity index (χ3v) is 5.18. The number of hydrogen-bond acceptors (Lipinski definition) is 3. The minimum atomic E-state index is -3.62. The summed E-state index contributed by atoms with van der Waals surface area (Å²) in [4.78, 5) is 11.3. The number of benzene rings is 2. The molecule has 0 aliphatic carbocycles. The van der Waals surface area contributed by atoms with Gasteiger partial charge in [-0.2, -0.15) is 0 Å². The smallest absolute Gasteiger partial charge is 0.335 e. The monoisotopic (exact) mass is 274 g/mol. The van der Waals surface area contributed by atoms with Crippen LogP contribution in [0.5, 0.6) is 0 Å². The van der Waals surface area contributed by atoms with Gasteiger partial charge in [-0.05, 0) is 29.3 Å². The van der Waals surface area contributed by atoms with Crippen LogP contribution in [0.15, 0.2) is 52.3 Å². The van der Waals surface area contributed by atoms with Gasteiger partial charge < -0.3 is 5.11 Å². The van der Waals surface area contributed by atoms with Crippen LogP contribution in [-0.2, 0) is 16.3 Å². The number of carboxylic acid groups (broad SMARTS) is 1. The van der Waals surface area contributed by atoms with E-state index in [1.54, 1.807) is 30.3 Å². The van der Waals surface area contributed by atoms with Gasteiger partial charge in [0.2, 0.25) is 9.84 Å². The van der Waals surface area contributed by atoms with Gasteiger partial charge in [-0.15, -0.1) is 0 Å². The number of hydrogen-bond donors (Lipinski definition) is 1. The van der Waals surface area contributed by atoms with Crippen LogP contribution < -0.4 is 0 Å². The van der Waals surface area contributed by atoms with Crippen molar-refractivity contribution in [1.82, 2.24) is 0 Å². The summed E-state index contributed by atoms with van der Waals surface area (Å²) in [6.45, 7) is 0. The third kappa shape index (κ3) is 1.74. The molecule has 2 aromatic rings. The maximum absolute atomic E-state index is 12.5. The molecule has 1 aliphatic rings. The number of sulfone groups is 1. The molecule has 0 spiro atoms. The van der Waals surface area contributed by atoms with Crippen LogP contribution in [0, 0.1) is 0 Å². The van der Waals surface area contributed by atoms with Gasteiger partial charge in [0.25, 0.3) is 0 Å². The van der Waals surface area contributed by atoms with Crippen LogP contribution in [0.4, 0.5) is 0 Å². The molecule has 4 nitrogen and oxygen atoms in total. The van der Waals surface area contributed by atoms with Crippen LogP contribution in [0.25, 0.3) is 0 Å². The molecule has 0 unspecified atom stereocenters. The van der Waals surface area contributed by atoms with Crippen molar-refractivity contribution in [2.75, 3.05) is 0 Å². The van der Waals surface area contributed by atoms with Crippen molar-refractivity contribution < 1.29 is 18.3 Å². The molecular formula is C14H10O4S. The average Bonchev–Trinajstić information content (AvgIpc) is 2.38. The fourth-order valence-corrected chi connectivity index (χ4v) is 4.07. The van der Waals surface area contributed by atoms with Gasteiger partial charge in [0.05, 0.1) is 15.4 Å². The molecule has 1 N–H and O–H groups in total. The van der Waals surface area contributed by atoms with Gasteiger partial charge >= 0.3 is 5.97 Å². The van der Waals surface area contributed by atoms with E-state index in [2.05, 4.69) is 0 Å². The van der Waals surface area contributed by atoms with Gasteiger partial charge in [0.1, 0.15) is 0 Å². The molecule has 2 aromatic carbocycles. The highest BCUT2D eigenvalue weighted by Crippen LogP contribution is 2.34. The molecule has 0 saturated heterocycles. The summed E-state index contributed by atoms with van der Waals surface area (Å²) in [6.07, 6.45) is 0.505. The maximum Gasteiger partial charge on any atom is 0.335 e. The molecule has 1 aliphatic heterocycles. The standard InChI is InChI=1S/C14H10O4S/c15-14(16)11-6-5-10-7-9-3-1-2-4-12(9)19(17,18)13(10)8-11/h1-6,8H,7H2,(H,15,16). The summed E-state index contributed by atoms with van der Waals surface area (Å²) in [6, 6.07) is 11.1. The lowest BCUT2D eigenvalue weighted by molar-refractivity contribution is 0.0696. The van der Waals surface area contributed by atoms with E-state index in [4.69, 9.17) is 5.11 Å². The summed E-state index contributed by atoms with van der Waals surface area (Å²) in [7, 11) is -3.62. The van der Waals surface area contributed by atoms with E-state index in [1.807, 2.05) is 0 Å². The predicted molar refractivity (Wildman–Crippen MR) is 68.1 cm³/mol. The summed E-state index contributed by atoms with van der Waals surface area (Å²) < 4.78 is 25.0. The van der Waals surface area contributed by atoms with Crippen molar-refractivity contribution in [1.29, 1.82) is 0 Å². The van der Waals surface area contributed by atoms with Crippen molar-refractivity contribution in [2.24, 2.45) is 0 Å². The van der Waals surface area contributed by atoms with Crippen molar-refractivity contribution in [3.63, 3.8) is 0 Å². The first-order chi connectivity index (χ1) is 9.00. The van der Waals surface area contributed by atoms with Gasteiger partial charge in [-0.25, -0.2) is 13.2 Å². The second-order valence-electron chi connectivity index (χ2n) is 4.42. The Balaban J connectivity index is 2.29. The first kappa shape index (κ1) is 11.9. The molecule has 0 atom stereocenters. The largest absolute Gasteiger partial charge is 0.478 e. The zero-order valence-electron chi connectivity index (χ0n) is 9.83. The van der Waals surface area contributed by atoms with Crippen LogP contribution in [0.1, 0.15) is 21.5 Å². The van der Waals surface area contributed by atoms with Crippen molar-refractivity contribution in [3.05, 3.63) is 59.2 Å². The molecule has 19 heavy (non-hydrogen) atoms. The van der Waals surface area contributed by atoms with Crippen molar-refractivity contribution in [2.45, 2.75) is 16.2 Å². The number of fused-ring (bicyclic) bond motifs is 2. The lowest BCUT2D eigenvalue weighted by Crippen LogP contribution is -2.15. The molecule has 3 rings (SSSR count). The van der Waals surface area contributed by atoms with Gasteiger partial charge in [0.15, 0.2) is 0 Å². The molecule has 0 saturated carbocycles. The van der Waals surface area contributed by atoms with E-state index in [0.717, 1.165) is 5.56 Å². The third-order valence-electron chi connectivity index (χ3n) is 3.25. The lowest BCUT2D eigenvalue weighted by atomic mass is 10.0. The number of carbonyl (C=O) groups is 1. The Bertz CT molecular complexity index is 791. The summed E-state index contributed by atoms with van der Waals surface area (Å²) in [5.74, 6) is -1.13. The zero-order chi connectivity index (χ0) is 13.6. The van der Waals surface area contributed by atoms with Crippen LogP contribution >= 0.6 is 0 Å². The maximum atomic E-state index is 12.5. The Morgan fingerprint density at radius 3 is 2.42 bits per heavy atom. The minimum absolute atomic E-state index is 0.0123. The summed E-state index contributed by atoms with van der Waals surface area (Å²) in [5.41, 5.74) is 1.38. The summed E-state index contributed by atoms with van der Waals surface area (Å²) >= 11 is 0.